The van der Waals surface area contributed by atoms with Crippen LogP contribution < -0.4 is 15.5 Å². The number of morpholine rings is 1. The van der Waals surface area contributed by atoms with E-state index in [4.69, 9.17) is 9.47 Å². The lowest BCUT2D eigenvalue weighted by Gasteiger charge is -2.30. The van der Waals surface area contributed by atoms with Gasteiger partial charge in [0.05, 0.1) is 31.1 Å². The van der Waals surface area contributed by atoms with Crippen molar-refractivity contribution in [2.45, 2.75) is 12.8 Å². The van der Waals surface area contributed by atoms with E-state index in [1.807, 2.05) is 24.3 Å². The molecule has 3 rings (SSSR count). The van der Waals surface area contributed by atoms with Crippen molar-refractivity contribution < 1.29 is 19.1 Å². The third-order valence-electron chi connectivity index (χ3n) is 4.55. The van der Waals surface area contributed by atoms with E-state index in [1.165, 1.54) is 0 Å². The maximum atomic E-state index is 12.2. The highest BCUT2D eigenvalue weighted by atomic mass is 16.5. The Balaban J connectivity index is 1.53. The summed E-state index contributed by atoms with van der Waals surface area (Å²) >= 11 is 0. The molecule has 2 aliphatic heterocycles. The van der Waals surface area contributed by atoms with Crippen LogP contribution in [0.3, 0.4) is 0 Å². The van der Waals surface area contributed by atoms with Gasteiger partial charge in [-0.2, -0.15) is 0 Å². The number of rotatable bonds is 5. The molecule has 0 bridgehead atoms. The van der Waals surface area contributed by atoms with Gasteiger partial charge >= 0.3 is 0 Å². The van der Waals surface area contributed by atoms with Crippen molar-refractivity contribution >= 4 is 23.2 Å². The number of ether oxygens (including phenoxy) is 2. The number of carbonyl (C=O) groups is 2. The van der Waals surface area contributed by atoms with E-state index in [9.17, 15) is 9.59 Å². The number of hydrogen-bond acceptors (Lipinski definition) is 5. The number of para-hydroxylation sites is 2. The molecule has 2 N–H and O–H groups in total. The van der Waals surface area contributed by atoms with Gasteiger partial charge in [-0.3, -0.25) is 9.59 Å². The molecular weight excluding hydrogens is 322 g/mol. The van der Waals surface area contributed by atoms with Crippen molar-refractivity contribution in [1.29, 1.82) is 0 Å². The van der Waals surface area contributed by atoms with Crippen molar-refractivity contribution in [3.63, 3.8) is 0 Å². The second-order valence-electron chi connectivity index (χ2n) is 6.27. The fraction of sp³-hybridized carbons (Fsp3) is 0.556. The molecule has 7 heteroatoms. The van der Waals surface area contributed by atoms with Gasteiger partial charge in [-0.15, -0.1) is 0 Å². The lowest BCUT2D eigenvalue weighted by Crippen LogP contribution is -2.39. The second-order valence-corrected chi connectivity index (χ2v) is 6.27. The lowest BCUT2D eigenvalue weighted by molar-refractivity contribution is -0.129. The highest BCUT2D eigenvalue weighted by Crippen LogP contribution is 2.26. The molecule has 0 aromatic heterocycles. The van der Waals surface area contributed by atoms with Crippen LogP contribution in [-0.4, -0.2) is 57.9 Å². The van der Waals surface area contributed by atoms with Gasteiger partial charge in [-0.25, -0.2) is 0 Å². The third kappa shape index (κ3) is 4.93. The zero-order valence-electron chi connectivity index (χ0n) is 14.3. The molecule has 0 aliphatic carbocycles. The first-order chi connectivity index (χ1) is 12.2. The van der Waals surface area contributed by atoms with Gasteiger partial charge in [-0.05, 0) is 25.0 Å². The third-order valence-corrected chi connectivity index (χ3v) is 4.55. The number of amides is 2. The van der Waals surface area contributed by atoms with Crippen LogP contribution in [0.1, 0.15) is 12.8 Å². The quantitative estimate of drug-likeness (QED) is 0.831. The molecule has 0 radical (unpaired) electrons. The maximum absolute atomic E-state index is 12.2. The number of benzene rings is 1. The molecule has 0 unspecified atom stereocenters. The Morgan fingerprint density at radius 2 is 1.72 bits per heavy atom. The Bertz CT molecular complexity index is 596. The molecule has 0 spiro atoms. The minimum absolute atomic E-state index is 0.0202. The Labute approximate surface area is 147 Å². The van der Waals surface area contributed by atoms with E-state index in [0.29, 0.717) is 39.3 Å². The maximum Gasteiger partial charge on any atom is 0.243 e. The first-order valence-corrected chi connectivity index (χ1v) is 8.81. The number of anilines is 2. The van der Waals surface area contributed by atoms with E-state index in [0.717, 1.165) is 24.5 Å². The van der Waals surface area contributed by atoms with Crippen LogP contribution in [0.4, 0.5) is 11.4 Å². The van der Waals surface area contributed by atoms with Gasteiger partial charge in [0.25, 0.3) is 0 Å². The fourth-order valence-electron chi connectivity index (χ4n) is 3.13. The van der Waals surface area contributed by atoms with Crippen molar-refractivity contribution in [3.8, 4) is 0 Å². The van der Waals surface area contributed by atoms with Crippen LogP contribution >= 0.6 is 0 Å². The topological polar surface area (TPSA) is 79.9 Å². The van der Waals surface area contributed by atoms with Gasteiger partial charge in [0.1, 0.15) is 0 Å². The van der Waals surface area contributed by atoms with Gasteiger partial charge in [0.2, 0.25) is 11.8 Å². The van der Waals surface area contributed by atoms with E-state index in [-0.39, 0.29) is 24.3 Å². The SMILES string of the molecule is O=C(CNC(=O)C1CCOCC1)Nc1ccccc1N1CCOCC1. The van der Waals surface area contributed by atoms with E-state index < -0.39 is 0 Å². The number of nitrogens with zero attached hydrogens (tertiary/aromatic N) is 1. The largest absolute Gasteiger partial charge is 0.381 e. The monoisotopic (exact) mass is 347 g/mol. The van der Waals surface area contributed by atoms with Crippen molar-refractivity contribution in [3.05, 3.63) is 24.3 Å². The summed E-state index contributed by atoms with van der Waals surface area (Å²) in [6, 6.07) is 7.71. The van der Waals surface area contributed by atoms with Gasteiger partial charge < -0.3 is 25.0 Å². The lowest BCUT2D eigenvalue weighted by atomic mass is 9.99. The van der Waals surface area contributed by atoms with E-state index >= 15 is 0 Å². The first-order valence-electron chi connectivity index (χ1n) is 8.81. The summed E-state index contributed by atoms with van der Waals surface area (Å²) in [5.41, 5.74) is 1.74. The Kier molecular flexibility index (Phi) is 6.25. The standard InChI is InChI=1S/C18H25N3O4/c22-17(13-19-18(23)14-5-9-24-10-6-14)20-15-3-1-2-4-16(15)21-7-11-25-12-8-21/h1-4,14H,5-13H2,(H,19,23)(H,20,22). The smallest absolute Gasteiger partial charge is 0.243 e. The van der Waals surface area contributed by atoms with Gasteiger partial charge in [0, 0.05) is 32.2 Å². The Hall–Kier alpha value is -2.12. The Morgan fingerprint density at radius 3 is 2.48 bits per heavy atom. The van der Waals surface area contributed by atoms with Gasteiger partial charge in [-0.1, -0.05) is 12.1 Å². The summed E-state index contributed by atoms with van der Waals surface area (Å²) in [5.74, 6) is -0.344. The van der Waals surface area contributed by atoms with Crippen LogP contribution in [0, 0.1) is 5.92 Å². The van der Waals surface area contributed by atoms with Gasteiger partial charge in [0.15, 0.2) is 0 Å². The molecule has 2 amide bonds. The summed E-state index contributed by atoms with van der Waals surface area (Å²) in [6.45, 7) is 4.16. The molecule has 0 atom stereocenters. The molecule has 2 fully saturated rings. The summed E-state index contributed by atoms with van der Waals surface area (Å²) in [4.78, 5) is 26.5. The molecule has 0 saturated carbocycles. The number of hydrogen-bond donors (Lipinski definition) is 2. The minimum atomic E-state index is -0.221. The average molecular weight is 347 g/mol. The Morgan fingerprint density at radius 1 is 1.04 bits per heavy atom. The van der Waals surface area contributed by atoms with Crippen LogP contribution in [-0.2, 0) is 19.1 Å². The molecule has 2 heterocycles. The summed E-state index contributed by atoms with van der Waals surface area (Å²) in [6.07, 6.45) is 1.43. The van der Waals surface area contributed by atoms with Crippen molar-refractivity contribution in [1.82, 2.24) is 5.32 Å². The van der Waals surface area contributed by atoms with Crippen LogP contribution in [0.15, 0.2) is 24.3 Å². The molecule has 1 aromatic rings. The zero-order chi connectivity index (χ0) is 17.5. The van der Waals surface area contributed by atoms with E-state index in [2.05, 4.69) is 15.5 Å². The highest BCUT2D eigenvalue weighted by molar-refractivity contribution is 5.97. The minimum Gasteiger partial charge on any atom is -0.381 e. The van der Waals surface area contributed by atoms with Crippen LogP contribution in [0.2, 0.25) is 0 Å². The predicted octanol–water partition coefficient (Wildman–Crippen LogP) is 1.00. The molecule has 136 valence electrons. The average Bonchev–Trinajstić information content (AvgIpc) is 2.68. The molecular formula is C18H25N3O4. The summed E-state index contributed by atoms with van der Waals surface area (Å²) in [7, 11) is 0. The van der Waals surface area contributed by atoms with Crippen molar-refractivity contribution in [2.75, 3.05) is 56.3 Å². The zero-order valence-corrected chi connectivity index (χ0v) is 14.3. The number of nitrogens with one attached hydrogen (secondary N) is 2. The molecule has 25 heavy (non-hydrogen) atoms. The first kappa shape index (κ1) is 17.7. The highest BCUT2D eigenvalue weighted by Gasteiger charge is 2.22. The molecule has 7 nitrogen and oxygen atoms in total. The summed E-state index contributed by atoms with van der Waals surface area (Å²) in [5, 5.41) is 5.64. The second kappa shape index (κ2) is 8.82. The predicted molar refractivity (Wildman–Crippen MR) is 94.7 cm³/mol. The van der Waals surface area contributed by atoms with Crippen molar-refractivity contribution in [2.24, 2.45) is 5.92 Å². The summed E-state index contributed by atoms with van der Waals surface area (Å²) < 4.78 is 10.6. The molecule has 2 aliphatic rings. The fourth-order valence-corrected chi connectivity index (χ4v) is 3.13. The number of carbonyl (C=O) groups excluding carboxylic acids is 2. The molecule has 2 saturated heterocycles. The molecule has 1 aromatic carbocycles. The normalized spacial score (nSPS) is 18.6. The van der Waals surface area contributed by atoms with Crippen LogP contribution in [0.25, 0.3) is 0 Å². The van der Waals surface area contributed by atoms with E-state index in [1.54, 1.807) is 0 Å². The van der Waals surface area contributed by atoms with Crippen LogP contribution in [0.5, 0.6) is 0 Å².